The molecular formula is C27H28F2N4O4S. The van der Waals surface area contributed by atoms with Gasteiger partial charge in [0, 0.05) is 42.9 Å². The highest BCUT2D eigenvalue weighted by molar-refractivity contribution is 7.89. The fraction of sp³-hybridized carbons (Fsp3) is 0.407. The molecule has 1 aliphatic heterocycles. The Morgan fingerprint density at radius 2 is 1.89 bits per heavy atom. The maximum atomic E-state index is 14.9. The van der Waals surface area contributed by atoms with Crippen molar-refractivity contribution in [1.29, 1.82) is 0 Å². The van der Waals surface area contributed by atoms with Crippen LogP contribution in [0.4, 0.5) is 13.6 Å². The van der Waals surface area contributed by atoms with Crippen LogP contribution in [0.1, 0.15) is 41.1 Å². The molecule has 3 aromatic rings. The monoisotopic (exact) mass is 542 g/mol. The molecule has 8 nitrogen and oxygen atoms in total. The molecule has 0 unspecified atom stereocenters. The second kappa shape index (κ2) is 9.46. The first-order valence-electron chi connectivity index (χ1n) is 12.6. The molecule has 11 heteroatoms. The van der Waals surface area contributed by atoms with Gasteiger partial charge in [0.2, 0.25) is 0 Å². The predicted octanol–water partition coefficient (Wildman–Crippen LogP) is 3.77. The fourth-order valence-corrected chi connectivity index (χ4v) is 6.80. The smallest absolute Gasteiger partial charge is 0.407 e. The average molecular weight is 543 g/mol. The van der Waals surface area contributed by atoms with Gasteiger partial charge in [-0.15, -0.1) is 0 Å². The molecule has 1 N–H and O–H groups in total. The van der Waals surface area contributed by atoms with Gasteiger partial charge in [-0.1, -0.05) is 30.3 Å². The number of carbonyl (C=O) groups is 1. The molecule has 5 atom stereocenters. The number of fused-ring (bicyclic) bond motifs is 2. The Balaban J connectivity index is 1.22. The molecule has 0 bridgehead atoms. The fourth-order valence-electron chi connectivity index (χ4n) is 6.23. The highest BCUT2D eigenvalue weighted by Gasteiger charge is 2.57. The van der Waals surface area contributed by atoms with E-state index in [9.17, 15) is 22.0 Å². The van der Waals surface area contributed by atoms with Crippen LogP contribution >= 0.6 is 0 Å². The Bertz CT molecular complexity index is 1460. The van der Waals surface area contributed by atoms with Gasteiger partial charge in [-0.25, -0.2) is 22.0 Å². The van der Waals surface area contributed by atoms with E-state index in [0.717, 1.165) is 45.7 Å². The van der Waals surface area contributed by atoms with Crippen LogP contribution in [0.3, 0.4) is 0 Å². The van der Waals surface area contributed by atoms with E-state index in [1.165, 1.54) is 6.07 Å². The van der Waals surface area contributed by atoms with Crippen LogP contribution in [0.2, 0.25) is 0 Å². The van der Waals surface area contributed by atoms with Gasteiger partial charge in [0.05, 0.1) is 11.9 Å². The standard InChI is InChI=1S/C27H28F2N4O4S/c1-38(35,36)33-13-17-12-32(14-24(17)31-33)25-11-23(30-27(34)37-15-16-5-3-2-4-6-16)26(20-10-19(20)25)21-9-18(28)7-8-22(21)29/h2-9,13,19-20,23,25-26H,10-12,14-15H2,1H3,(H,30,34)/t19-,20+,23+,25-,26-/m1/s1. The minimum Gasteiger partial charge on any atom is -0.445 e. The van der Waals surface area contributed by atoms with Crippen molar-refractivity contribution in [1.82, 2.24) is 19.4 Å². The maximum absolute atomic E-state index is 14.9. The molecular weight excluding hydrogens is 514 g/mol. The highest BCUT2D eigenvalue weighted by atomic mass is 32.2. The third kappa shape index (κ3) is 4.80. The number of benzene rings is 2. The molecule has 1 amide bonds. The first-order chi connectivity index (χ1) is 18.2. The van der Waals surface area contributed by atoms with E-state index < -0.39 is 33.8 Å². The van der Waals surface area contributed by atoms with E-state index in [4.69, 9.17) is 4.74 Å². The lowest BCUT2D eigenvalue weighted by atomic mass is 9.77. The van der Waals surface area contributed by atoms with Crippen LogP contribution < -0.4 is 5.32 Å². The quantitative estimate of drug-likeness (QED) is 0.510. The van der Waals surface area contributed by atoms with E-state index in [0.29, 0.717) is 19.5 Å². The van der Waals surface area contributed by atoms with E-state index >= 15 is 0 Å². The summed E-state index contributed by atoms with van der Waals surface area (Å²) < 4.78 is 59.3. The zero-order valence-electron chi connectivity index (χ0n) is 20.8. The molecule has 2 aromatic carbocycles. The SMILES string of the molecule is CS(=O)(=O)n1cc2c(n1)CN([C@@H]1C[C@H](NC(=O)OCc3ccccc3)[C@@H](c3cc(F)ccc3F)[C@H]3C[C@H]31)C2. The lowest BCUT2D eigenvalue weighted by Crippen LogP contribution is -2.49. The number of halogens is 2. The number of carbonyl (C=O) groups excluding carboxylic acids is 1. The Labute approximate surface area is 219 Å². The van der Waals surface area contributed by atoms with Gasteiger partial charge in [0.25, 0.3) is 10.0 Å². The Kier molecular flexibility index (Phi) is 6.22. The van der Waals surface area contributed by atoms with Crippen LogP contribution in [-0.2, 0) is 34.5 Å². The van der Waals surface area contributed by atoms with Crippen molar-refractivity contribution in [3.8, 4) is 0 Å². The Morgan fingerprint density at radius 1 is 1.11 bits per heavy atom. The minimum absolute atomic E-state index is 0.0770. The van der Waals surface area contributed by atoms with E-state index in [1.807, 2.05) is 30.3 Å². The summed E-state index contributed by atoms with van der Waals surface area (Å²) in [5.74, 6) is -1.05. The van der Waals surface area contributed by atoms with E-state index in [2.05, 4.69) is 15.3 Å². The largest absolute Gasteiger partial charge is 0.445 e. The summed E-state index contributed by atoms with van der Waals surface area (Å²) in [5.41, 5.74) is 2.70. The molecule has 1 aromatic heterocycles. The molecule has 6 rings (SSSR count). The van der Waals surface area contributed by atoms with Gasteiger partial charge in [-0.3, -0.25) is 4.90 Å². The van der Waals surface area contributed by atoms with Crippen LogP contribution in [0, 0.1) is 23.5 Å². The van der Waals surface area contributed by atoms with Gasteiger partial charge in [0.15, 0.2) is 0 Å². The third-order valence-electron chi connectivity index (χ3n) is 8.00. The van der Waals surface area contributed by atoms with Crippen LogP contribution in [0.5, 0.6) is 0 Å². The molecule has 2 heterocycles. The zero-order chi connectivity index (χ0) is 26.6. The van der Waals surface area contributed by atoms with Gasteiger partial charge >= 0.3 is 6.09 Å². The van der Waals surface area contributed by atoms with Crippen molar-refractivity contribution >= 4 is 16.1 Å². The van der Waals surface area contributed by atoms with Gasteiger partial charge in [-0.2, -0.15) is 9.19 Å². The maximum Gasteiger partial charge on any atom is 0.407 e. The number of rotatable bonds is 6. The second-order valence-corrected chi connectivity index (χ2v) is 12.4. The lowest BCUT2D eigenvalue weighted by molar-refractivity contribution is 0.101. The highest BCUT2D eigenvalue weighted by Crippen LogP contribution is 2.59. The molecule has 2 aliphatic carbocycles. The first kappa shape index (κ1) is 25.0. The third-order valence-corrected chi connectivity index (χ3v) is 8.87. The van der Waals surface area contributed by atoms with Crippen LogP contribution in [0.25, 0.3) is 0 Å². The Morgan fingerprint density at radius 3 is 2.63 bits per heavy atom. The molecule has 0 saturated heterocycles. The number of hydrogen-bond acceptors (Lipinski definition) is 6. The molecule has 2 fully saturated rings. The van der Waals surface area contributed by atoms with Crippen molar-refractivity contribution in [2.75, 3.05) is 6.26 Å². The minimum atomic E-state index is -3.46. The molecule has 2 saturated carbocycles. The van der Waals surface area contributed by atoms with Crippen molar-refractivity contribution < 1.29 is 26.7 Å². The summed E-state index contributed by atoms with van der Waals surface area (Å²) >= 11 is 0. The van der Waals surface area contributed by atoms with Crippen molar-refractivity contribution in [2.24, 2.45) is 11.8 Å². The Hall–Kier alpha value is -3.31. The summed E-state index contributed by atoms with van der Waals surface area (Å²) in [4.78, 5) is 15.1. The molecule has 200 valence electrons. The van der Waals surface area contributed by atoms with Gasteiger partial charge < -0.3 is 10.1 Å². The normalized spacial score (nSPS) is 26.4. The molecule has 0 spiro atoms. The molecule has 38 heavy (non-hydrogen) atoms. The predicted molar refractivity (Wildman–Crippen MR) is 134 cm³/mol. The van der Waals surface area contributed by atoms with E-state index in [-0.39, 0.29) is 36.0 Å². The number of ether oxygens (including phenoxy) is 1. The first-order valence-corrected chi connectivity index (χ1v) is 14.5. The number of amides is 1. The lowest BCUT2D eigenvalue weighted by Gasteiger charge is -2.40. The van der Waals surface area contributed by atoms with Gasteiger partial charge in [0.1, 0.15) is 18.2 Å². The molecule has 0 radical (unpaired) electrons. The number of nitrogens with zero attached hydrogens (tertiary/aromatic N) is 3. The average Bonchev–Trinajstić information content (AvgIpc) is 3.40. The summed E-state index contributed by atoms with van der Waals surface area (Å²) in [6, 6.07) is 12.4. The summed E-state index contributed by atoms with van der Waals surface area (Å²) in [6.45, 7) is 1.14. The topological polar surface area (TPSA) is 93.5 Å². The van der Waals surface area contributed by atoms with E-state index in [1.54, 1.807) is 6.20 Å². The van der Waals surface area contributed by atoms with Gasteiger partial charge in [-0.05, 0) is 54.0 Å². The number of aromatic nitrogens is 2. The number of alkyl carbamates (subject to hydrolysis) is 1. The zero-order valence-corrected chi connectivity index (χ0v) is 21.6. The van der Waals surface area contributed by atoms with Crippen molar-refractivity contribution in [2.45, 2.75) is 50.5 Å². The van der Waals surface area contributed by atoms with Crippen molar-refractivity contribution in [3.05, 3.63) is 88.7 Å². The summed E-state index contributed by atoms with van der Waals surface area (Å²) in [6.07, 6.45) is 3.42. The summed E-state index contributed by atoms with van der Waals surface area (Å²) in [7, 11) is -3.46. The summed E-state index contributed by atoms with van der Waals surface area (Å²) in [5, 5.41) is 7.22. The van der Waals surface area contributed by atoms with Crippen LogP contribution in [0.15, 0.2) is 54.7 Å². The number of hydrogen-bond donors (Lipinski definition) is 1. The molecule has 3 aliphatic rings. The van der Waals surface area contributed by atoms with Crippen molar-refractivity contribution in [3.63, 3.8) is 0 Å². The number of nitrogens with one attached hydrogen (secondary N) is 1. The van der Waals surface area contributed by atoms with Crippen LogP contribution in [-0.4, -0.2) is 46.9 Å². The second-order valence-electron chi connectivity index (χ2n) is 10.5.